The van der Waals surface area contributed by atoms with Gasteiger partial charge in [-0.2, -0.15) is 13.2 Å². The minimum Gasteiger partial charge on any atom is -0.324 e. The molecular weight excluding hydrogens is 195 g/mol. The molecule has 0 fully saturated rings. The molecule has 0 saturated carbocycles. The highest BCUT2D eigenvalue weighted by molar-refractivity contribution is 4.98. The van der Waals surface area contributed by atoms with Gasteiger partial charge in [0, 0.05) is 12.7 Å². The second kappa shape index (κ2) is 4.45. The number of alkyl halides is 3. The number of imidazole rings is 1. The van der Waals surface area contributed by atoms with E-state index < -0.39 is 12.7 Å². The van der Waals surface area contributed by atoms with Crippen molar-refractivity contribution < 1.29 is 13.2 Å². The maximum absolute atomic E-state index is 12.1. The SMILES string of the molecule is CCNCc1cncn1CC(F)(F)F. The Bertz CT molecular complexity index is 280. The summed E-state index contributed by atoms with van der Waals surface area (Å²) in [6, 6.07) is 0. The van der Waals surface area contributed by atoms with Crippen LogP contribution in [0, 0.1) is 0 Å². The minimum atomic E-state index is -4.19. The molecule has 0 bridgehead atoms. The van der Waals surface area contributed by atoms with Gasteiger partial charge in [-0.15, -0.1) is 0 Å². The van der Waals surface area contributed by atoms with Crippen molar-refractivity contribution in [1.82, 2.24) is 14.9 Å². The van der Waals surface area contributed by atoms with Crippen LogP contribution < -0.4 is 5.32 Å². The largest absolute Gasteiger partial charge is 0.406 e. The molecule has 14 heavy (non-hydrogen) atoms. The van der Waals surface area contributed by atoms with Gasteiger partial charge in [0.15, 0.2) is 0 Å². The van der Waals surface area contributed by atoms with Crippen LogP contribution in [0.15, 0.2) is 12.5 Å². The molecule has 0 aliphatic rings. The van der Waals surface area contributed by atoms with Crippen molar-refractivity contribution in [3.63, 3.8) is 0 Å². The van der Waals surface area contributed by atoms with Gasteiger partial charge < -0.3 is 9.88 Å². The topological polar surface area (TPSA) is 29.9 Å². The van der Waals surface area contributed by atoms with Gasteiger partial charge in [0.25, 0.3) is 0 Å². The number of rotatable bonds is 4. The van der Waals surface area contributed by atoms with Crippen LogP contribution in [0.5, 0.6) is 0 Å². The number of hydrogen-bond acceptors (Lipinski definition) is 2. The van der Waals surface area contributed by atoms with Gasteiger partial charge >= 0.3 is 6.18 Å². The third kappa shape index (κ3) is 3.37. The average Bonchev–Trinajstić information content (AvgIpc) is 2.45. The lowest BCUT2D eigenvalue weighted by atomic mass is 10.4. The smallest absolute Gasteiger partial charge is 0.324 e. The first-order valence-electron chi connectivity index (χ1n) is 4.29. The van der Waals surface area contributed by atoms with Gasteiger partial charge in [-0.05, 0) is 6.54 Å². The van der Waals surface area contributed by atoms with E-state index in [0.717, 1.165) is 11.1 Å². The fourth-order valence-electron chi connectivity index (χ4n) is 1.08. The molecule has 0 atom stereocenters. The standard InChI is InChI=1S/C8H12F3N3/c1-2-12-3-7-4-13-6-14(7)5-8(9,10)11/h4,6,12H,2-3,5H2,1H3. The summed E-state index contributed by atoms with van der Waals surface area (Å²) in [5.41, 5.74) is 0.546. The Morgan fingerprint density at radius 2 is 2.21 bits per heavy atom. The lowest BCUT2D eigenvalue weighted by Crippen LogP contribution is -2.21. The van der Waals surface area contributed by atoms with Crippen molar-refractivity contribution >= 4 is 0 Å². The number of nitrogens with one attached hydrogen (secondary N) is 1. The van der Waals surface area contributed by atoms with E-state index in [4.69, 9.17) is 0 Å². The molecule has 3 nitrogen and oxygen atoms in total. The normalized spacial score (nSPS) is 12.0. The summed E-state index contributed by atoms with van der Waals surface area (Å²) in [4.78, 5) is 3.68. The molecule has 0 radical (unpaired) electrons. The summed E-state index contributed by atoms with van der Waals surface area (Å²) >= 11 is 0. The lowest BCUT2D eigenvalue weighted by molar-refractivity contribution is -0.141. The predicted octanol–water partition coefficient (Wildman–Crippen LogP) is 1.55. The van der Waals surface area contributed by atoms with Crippen molar-refractivity contribution in [2.75, 3.05) is 6.54 Å². The summed E-state index contributed by atoms with van der Waals surface area (Å²) in [6.07, 6.45) is -1.56. The Hall–Kier alpha value is -1.04. The highest BCUT2D eigenvalue weighted by atomic mass is 19.4. The van der Waals surface area contributed by atoms with E-state index >= 15 is 0 Å². The summed E-state index contributed by atoms with van der Waals surface area (Å²) in [5.74, 6) is 0. The van der Waals surface area contributed by atoms with Gasteiger partial charge in [-0.3, -0.25) is 0 Å². The molecule has 0 saturated heterocycles. The molecule has 1 rings (SSSR count). The summed E-state index contributed by atoms with van der Waals surface area (Å²) < 4.78 is 37.3. The van der Waals surface area contributed by atoms with E-state index in [-0.39, 0.29) is 0 Å². The van der Waals surface area contributed by atoms with Crippen LogP contribution >= 0.6 is 0 Å². The van der Waals surface area contributed by atoms with Gasteiger partial charge in [0.1, 0.15) is 6.54 Å². The Morgan fingerprint density at radius 3 is 2.79 bits per heavy atom. The predicted molar refractivity (Wildman–Crippen MR) is 45.7 cm³/mol. The Morgan fingerprint density at radius 1 is 1.50 bits per heavy atom. The van der Waals surface area contributed by atoms with Gasteiger partial charge in [-0.25, -0.2) is 4.98 Å². The van der Waals surface area contributed by atoms with Crippen molar-refractivity contribution in [3.8, 4) is 0 Å². The number of nitrogens with zero attached hydrogens (tertiary/aromatic N) is 2. The second-order valence-corrected chi connectivity index (χ2v) is 2.91. The monoisotopic (exact) mass is 207 g/mol. The second-order valence-electron chi connectivity index (χ2n) is 2.91. The van der Waals surface area contributed by atoms with Crippen molar-refractivity contribution in [3.05, 3.63) is 18.2 Å². The zero-order valence-corrected chi connectivity index (χ0v) is 7.80. The minimum absolute atomic E-state index is 0.409. The molecular formula is C8H12F3N3. The van der Waals surface area contributed by atoms with Crippen LogP contribution in [0.3, 0.4) is 0 Å². The first kappa shape index (κ1) is 11.0. The fraction of sp³-hybridized carbons (Fsp3) is 0.625. The molecule has 0 aliphatic heterocycles. The van der Waals surface area contributed by atoms with E-state index in [1.807, 2.05) is 6.92 Å². The Balaban J connectivity index is 2.63. The number of aromatic nitrogens is 2. The maximum Gasteiger partial charge on any atom is 0.406 e. The fourth-order valence-corrected chi connectivity index (χ4v) is 1.08. The zero-order valence-electron chi connectivity index (χ0n) is 7.80. The quantitative estimate of drug-likeness (QED) is 0.811. The first-order valence-corrected chi connectivity index (χ1v) is 4.29. The molecule has 0 amide bonds. The number of hydrogen-bond donors (Lipinski definition) is 1. The van der Waals surface area contributed by atoms with Gasteiger partial charge in [0.05, 0.1) is 12.0 Å². The molecule has 0 aromatic carbocycles. The third-order valence-corrected chi connectivity index (χ3v) is 1.70. The van der Waals surface area contributed by atoms with E-state index in [2.05, 4.69) is 10.3 Å². The van der Waals surface area contributed by atoms with Gasteiger partial charge in [0.2, 0.25) is 0 Å². The number of halogens is 3. The van der Waals surface area contributed by atoms with Crippen LogP contribution in [0.1, 0.15) is 12.6 Å². The highest BCUT2D eigenvalue weighted by Gasteiger charge is 2.28. The highest BCUT2D eigenvalue weighted by Crippen LogP contribution is 2.18. The molecule has 6 heteroatoms. The van der Waals surface area contributed by atoms with Crippen LogP contribution in [-0.2, 0) is 13.1 Å². The van der Waals surface area contributed by atoms with Crippen molar-refractivity contribution in [2.24, 2.45) is 0 Å². The zero-order chi connectivity index (χ0) is 10.6. The third-order valence-electron chi connectivity index (χ3n) is 1.70. The molecule has 0 spiro atoms. The van der Waals surface area contributed by atoms with Crippen LogP contribution in [0.4, 0.5) is 13.2 Å². The lowest BCUT2D eigenvalue weighted by Gasteiger charge is -2.10. The molecule has 0 unspecified atom stereocenters. The summed E-state index contributed by atoms with van der Waals surface area (Å²) in [5, 5.41) is 2.95. The van der Waals surface area contributed by atoms with Crippen LogP contribution in [0.2, 0.25) is 0 Å². The van der Waals surface area contributed by atoms with E-state index in [1.54, 1.807) is 0 Å². The van der Waals surface area contributed by atoms with Crippen LogP contribution in [-0.4, -0.2) is 22.3 Å². The summed E-state index contributed by atoms with van der Waals surface area (Å²) in [6.45, 7) is 2.04. The Labute approximate surface area is 79.9 Å². The molecule has 1 aromatic heterocycles. The van der Waals surface area contributed by atoms with Crippen molar-refractivity contribution in [2.45, 2.75) is 26.2 Å². The summed E-state index contributed by atoms with van der Waals surface area (Å²) in [7, 11) is 0. The van der Waals surface area contributed by atoms with Gasteiger partial charge in [-0.1, -0.05) is 6.92 Å². The maximum atomic E-state index is 12.1. The van der Waals surface area contributed by atoms with Crippen LogP contribution in [0.25, 0.3) is 0 Å². The van der Waals surface area contributed by atoms with E-state index in [1.165, 1.54) is 12.5 Å². The molecule has 1 aromatic rings. The molecule has 1 N–H and O–H groups in total. The van der Waals surface area contributed by atoms with E-state index in [9.17, 15) is 13.2 Å². The van der Waals surface area contributed by atoms with E-state index in [0.29, 0.717) is 12.2 Å². The molecule has 80 valence electrons. The Kier molecular flexibility index (Phi) is 3.51. The molecule has 0 aliphatic carbocycles. The first-order chi connectivity index (χ1) is 6.53. The van der Waals surface area contributed by atoms with Crippen molar-refractivity contribution in [1.29, 1.82) is 0 Å². The average molecular weight is 207 g/mol. The molecule has 1 heterocycles.